The maximum Gasteiger partial charge on any atom is 0.0644 e. The highest BCUT2D eigenvalue weighted by Crippen LogP contribution is 2.17. The van der Waals surface area contributed by atoms with E-state index in [1.54, 1.807) is 13.8 Å². The highest BCUT2D eigenvalue weighted by molar-refractivity contribution is 4.73. The van der Waals surface area contributed by atoms with Crippen LogP contribution >= 0.6 is 0 Å². The maximum atomic E-state index is 9.52. The summed E-state index contributed by atoms with van der Waals surface area (Å²) in [5, 5.41) is 35.4. The molecule has 0 radical (unpaired) electrons. The Morgan fingerprint density at radius 1 is 0.857 bits per heavy atom. The number of aliphatic hydroxyl groups is 4. The Hall–Kier alpha value is -0.160. The Kier molecular flexibility index (Phi) is 17.8. The largest absolute Gasteiger partial charge is 0.396 e. The second-order valence-corrected chi connectivity index (χ2v) is 6.22. The quantitative estimate of drug-likeness (QED) is 0.418. The van der Waals surface area contributed by atoms with Crippen LogP contribution in [-0.2, 0) is 0 Å². The molecule has 0 spiro atoms. The van der Waals surface area contributed by atoms with Crippen LogP contribution in [0.5, 0.6) is 0 Å². The van der Waals surface area contributed by atoms with E-state index in [9.17, 15) is 5.11 Å². The third kappa shape index (κ3) is 22.3. The van der Waals surface area contributed by atoms with E-state index in [4.69, 9.17) is 15.3 Å². The highest BCUT2D eigenvalue weighted by Gasteiger charge is 2.20. The molecule has 4 N–H and O–H groups in total. The van der Waals surface area contributed by atoms with E-state index < -0.39 is 11.7 Å². The number of aliphatic hydroxyl groups excluding tert-OH is 3. The molecule has 0 aliphatic rings. The van der Waals surface area contributed by atoms with Gasteiger partial charge in [0.25, 0.3) is 0 Å². The van der Waals surface area contributed by atoms with Gasteiger partial charge in [-0.1, -0.05) is 45.4 Å². The molecular formula is C17H38O4. The lowest BCUT2D eigenvalue weighted by Crippen LogP contribution is -2.28. The van der Waals surface area contributed by atoms with Gasteiger partial charge in [0.1, 0.15) is 0 Å². The van der Waals surface area contributed by atoms with Crippen molar-refractivity contribution in [2.75, 3.05) is 13.2 Å². The summed E-state index contributed by atoms with van der Waals surface area (Å²) in [6.07, 6.45) is 9.68. The summed E-state index contributed by atoms with van der Waals surface area (Å²) in [6.45, 7) is 6.15. The van der Waals surface area contributed by atoms with Gasteiger partial charge in [-0.25, -0.2) is 0 Å². The summed E-state index contributed by atoms with van der Waals surface area (Å²) in [7, 11) is 0. The maximum absolute atomic E-state index is 9.52. The lowest BCUT2D eigenvalue weighted by molar-refractivity contribution is 0.00231. The number of hydrogen-bond acceptors (Lipinski definition) is 4. The molecule has 0 heterocycles. The number of hydrogen-bond donors (Lipinski definition) is 4. The van der Waals surface area contributed by atoms with Gasteiger partial charge in [-0.2, -0.15) is 0 Å². The van der Waals surface area contributed by atoms with Gasteiger partial charge >= 0.3 is 0 Å². The molecule has 4 heteroatoms. The van der Waals surface area contributed by atoms with Crippen molar-refractivity contribution >= 4 is 0 Å². The smallest absolute Gasteiger partial charge is 0.0644 e. The second-order valence-electron chi connectivity index (χ2n) is 6.22. The van der Waals surface area contributed by atoms with Crippen molar-refractivity contribution in [3.63, 3.8) is 0 Å². The lowest BCUT2D eigenvalue weighted by atomic mass is 9.94. The summed E-state index contributed by atoms with van der Waals surface area (Å²) >= 11 is 0. The molecule has 2 atom stereocenters. The molecule has 0 aliphatic carbocycles. The van der Waals surface area contributed by atoms with Crippen LogP contribution in [0.15, 0.2) is 0 Å². The summed E-state index contributed by atoms with van der Waals surface area (Å²) < 4.78 is 0. The van der Waals surface area contributed by atoms with Gasteiger partial charge in [0, 0.05) is 19.6 Å². The van der Waals surface area contributed by atoms with Crippen molar-refractivity contribution in [2.45, 2.75) is 96.7 Å². The fourth-order valence-corrected chi connectivity index (χ4v) is 2.38. The summed E-state index contributed by atoms with van der Waals surface area (Å²) in [4.78, 5) is 0. The molecule has 2 unspecified atom stereocenters. The fourth-order valence-electron chi connectivity index (χ4n) is 2.38. The zero-order chi connectivity index (χ0) is 16.6. The predicted molar refractivity (Wildman–Crippen MR) is 88.3 cm³/mol. The molecule has 130 valence electrons. The molecule has 0 amide bonds. The Morgan fingerprint density at radius 3 is 1.52 bits per heavy atom. The molecule has 0 aromatic carbocycles. The van der Waals surface area contributed by atoms with E-state index in [0.717, 1.165) is 38.5 Å². The Labute approximate surface area is 131 Å². The minimum absolute atomic E-state index is 0.330. The van der Waals surface area contributed by atoms with E-state index in [-0.39, 0.29) is 0 Å². The summed E-state index contributed by atoms with van der Waals surface area (Å²) in [5.74, 6) is 0. The molecule has 21 heavy (non-hydrogen) atoms. The van der Waals surface area contributed by atoms with Gasteiger partial charge in [-0.05, 0) is 33.1 Å². The monoisotopic (exact) mass is 306 g/mol. The number of unbranched alkanes of at least 4 members (excludes halogenated alkanes) is 6. The molecule has 0 saturated carbocycles. The van der Waals surface area contributed by atoms with Crippen LogP contribution < -0.4 is 0 Å². The van der Waals surface area contributed by atoms with E-state index in [1.165, 1.54) is 19.3 Å². The molecule has 0 saturated heterocycles. The van der Waals surface area contributed by atoms with E-state index in [1.807, 2.05) is 6.92 Å². The van der Waals surface area contributed by atoms with E-state index >= 15 is 0 Å². The Morgan fingerprint density at radius 2 is 1.24 bits per heavy atom. The van der Waals surface area contributed by atoms with E-state index in [0.29, 0.717) is 19.6 Å². The lowest BCUT2D eigenvalue weighted by Gasteiger charge is -2.23. The van der Waals surface area contributed by atoms with Gasteiger partial charge in [0.2, 0.25) is 0 Å². The zero-order valence-corrected chi connectivity index (χ0v) is 14.4. The first-order valence-electron chi connectivity index (χ1n) is 8.51. The topological polar surface area (TPSA) is 80.9 Å². The van der Waals surface area contributed by atoms with Crippen LogP contribution in [0.3, 0.4) is 0 Å². The van der Waals surface area contributed by atoms with Crippen LogP contribution in [0.25, 0.3) is 0 Å². The summed E-state index contributed by atoms with van der Waals surface area (Å²) in [6, 6.07) is 0. The molecule has 0 aliphatic heterocycles. The van der Waals surface area contributed by atoms with Crippen LogP contribution in [0.4, 0.5) is 0 Å². The third-order valence-corrected chi connectivity index (χ3v) is 3.34. The van der Waals surface area contributed by atoms with Crippen molar-refractivity contribution in [3.8, 4) is 0 Å². The Balaban J connectivity index is 0. The van der Waals surface area contributed by atoms with Gasteiger partial charge in [0.15, 0.2) is 0 Å². The first kappa shape index (κ1) is 23.1. The fraction of sp³-hybridized carbons (Fsp3) is 1.00. The van der Waals surface area contributed by atoms with Crippen LogP contribution in [0, 0.1) is 0 Å². The molecule has 0 rings (SSSR count). The average molecular weight is 306 g/mol. The standard InChI is InChI=1S/C9H20O2.C8H18O2/c10-8-6-4-2-1-3-5-7-9-11;1-4-5-8(3,10)6-7(2)9/h10-11H,1-9H2;7,9-10H,4-6H2,1-3H3. The first-order chi connectivity index (χ1) is 9.89. The molecule has 0 fully saturated rings. The summed E-state index contributed by atoms with van der Waals surface area (Å²) in [5.41, 5.74) is -0.678. The minimum Gasteiger partial charge on any atom is -0.396 e. The average Bonchev–Trinajstić information content (AvgIpc) is 2.37. The van der Waals surface area contributed by atoms with Crippen molar-refractivity contribution in [1.82, 2.24) is 0 Å². The van der Waals surface area contributed by atoms with Crippen LogP contribution in [0.2, 0.25) is 0 Å². The van der Waals surface area contributed by atoms with Gasteiger partial charge in [0.05, 0.1) is 11.7 Å². The van der Waals surface area contributed by atoms with Gasteiger partial charge in [-0.3, -0.25) is 0 Å². The molecule has 4 nitrogen and oxygen atoms in total. The van der Waals surface area contributed by atoms with Crippen molar-refractivity contribution in [1.29, 1.82) is 0 Å². The molecule has 0 aromatic heterocycles. The minimum atomic E-state index is -0.678. The normalized spacial score (nSPS) is 15.0. The molecule has 0 bridgehead atoms. The Bertz CT molecular complexity index is 185. The van der Waals surface area contributed by atoms with E-state index in [2.05, 4.69) is 0 Å². The van der Waals surface area contributed by atoms with Crippen LogP contribution in [-0.4, -0.2) is 45.3 Å². The van der Waals surface area contributed by atoms with Gasteiger partial charge < -0.3 is 20.4 Å². The van der Waals surface area contributed by atoms with Gasteiger partial charge in [-0.15, -0.1) is 0 Å². The first-order valence-corrected chi connectivity index (χ1v) is 8.51. The zero-order valence-electron chi connectivity index (χ0n) is 14.4. The third-order valence-electron chi connectivity index (χ3n) is 3.34. The molecular weight excluding hydrogens is 268 g/mol. The van der Waals surface area contributed by atoms with Crippen molar-refractivity contribution in [3.05, 3.63) is 0 Å². The number of rotatable bonds is 12. The predicted octanol–water partition coefficient (Wildman–Crippen LogP) is 3.01. The SMILES string of the molecule is CCCC(C)(O)CC(C)O.OCCCCCCCCCO. The highest BCUT2D eigenvalue weighted by atomic mass is 16.3. The second kappa shape index (κ2) is 16.2. The van der Waals surface area contributed by atoms with Crippen molar-refractivity contribution < 1.29 is 20.4 Å². The van der Waals surface area contributed by atoms with Crippen LogP contribution in [0.1, 0.15) is 85.0 Å². The van der Waals surface area contributed by atoms with Crippen molar-refractivity contribution in [2.24, 2.45) is 0 Å². The molecule has 0 aromatic rings.